The third-order valence-electron chi connectivity index (χ3n) is 3.64. The highest BCUT2D eigenvalue weighted by atomic mass is 16.5. The zero-order chi connectivity index (χ0) is 16.9. The maximum Gasteiger partial charge on any atom is 0.152 e. The minimum Gasteiger partial charge on any atom is -0.491 e. The minimum absolute atomic E-state index is 0.193. The summed E-state index contributed by atoms with van der Waals surface area (Å²) in [7, 11) is 0. The molecule has 24 heavy (non-hydrogen) atoms. The predicted octanol–water partition coefficient (Wildman–Crippen LogP) is 4.06. The Balaban J connectivity index is 1.56. The van der Waals surface area contributed by atoms with Crippen LogP contribution in [0.2, 0.25) is 0 Å². The maximum absolute atomic E-state index is 5.67. The lowest BCUT2D eigenvalue weighted by molar-refractivity contribution is 0.242. The fourth-order valence-corrected chi connectivity index (χ4v) is 2.53. The van der Waals surface area contributed by atoms with Gasteiger partial charge in [-0.3, -0.25) is 5.10 Å². The van der Waals surface area contributed by atoms with Crippen LogP contribution in [0, 0.1) is 6.92 Å². The second kappa shape index (κ2) is 7.36. The molecule has 3 rings (SSSR count). The second-order valence-electron chi connectivity index (χ2n) is 6.09. The van der Waals surface area contributed by atoms with Crippen molar-refractivity contribution in [2.24, 2.45) is 0 Å². The van der Waals surface area contributed by atoms with Gasteiger partial charge in [0.1, 0.15) is 17.2 Å². The summed E-state index contributed by atoms with van der Waals surface area (Å²) < 4.78 is 11.3. The summed E-state index contributed by atoms with van der Waals surface area (Å²) >= 11 is 0. The molecule has 0 aliphatic carbocycles. The van der Waals surface area contributed by atoms with Crippen molar-refractivity contribution in [2.45, 2.75) is 40.0 Å². The summed E-state index contributed by atoms with van der Waals surface area (Å²) in [5.74, 6) is 2.61. The van der Waals surface area contributed by atoms with Crippen LogP contribution in [0.3, 0.4) is 0 Å². The third kappa shape index (κ3) is 4.06. The molecule has 0 aliphatic heterocycles. The van der Waals surface area contributed by atoms with Gasteiger partial charge in [0.2, 0.25) is 0 Å². The smallest absolute Gasteiger partial charge is 0.152 e. The highest BCUT2D eigenvalue weighted by molar-refractivity contribution is 5.56. The molecule has 0 fully saturated rings. The first-order chi connectivity index (χ1) is 11.6. The largest absolute Gasteiger partial charge is 0.491 e. The van der Waals surface area contributed by atoms with Gasteiger partial charge in [-0.2, -0.15) is 5.10 Å². The first-order valence-corrected chi connectivity index (χ1v) is 8.17. The molecule has 0 amide bonds. The van der Waals surface area contributed by atoms with Crippen molar-refractivity contribution in [3.05, 3.63) is 59.5 Å². The van der Waals surface area contributed by atoms with E-state index in [1.54, 1.807) is 0 Å². The molecular weight excluding hydrogens is 302 g/mol. The molecule has 5 heteroatoms. The summed E-state index contributed by atoms with van der Waals surface area (Å²) in [4.78, 5) is 0. The molecule has 3 aromatic rings. The van der Waals surface area contributed by atoms with Crippen LogP contribution >= 0.6 is 0 Å². The number of H-pyrrole nitrogens is 1. The molecule has 0 bridgehead atoms. The lowest BCUT2D eigenvalue weighted by Crippen LogP contribution is -2.13. The summed E-state index contributed by atoms with van der Waals surface area (Å²) in [6, 6.07) is 12.1. The number of aromatic amines is 1. The summed E-state index contributed by atoms with van der Waals surface area (Å²) in [6.07, 6.45) is 2.03. The van der Waals surface area contributed by atoms with Crippen molar-refractivity contribution in [3.63, 3.8) is 0 Å². The highest BCUT2D eigenvalue weighted by Crippen LogP contribution is 2.23. The van der Waals surface area contributed by atoms with Gasteiger partial charge in [-0.15, -0.1) is 0 Å². The molecule has 0 spiro atoms. The van der Waals surface area contributed by atoms with E-state index in [4.69, 9.17) is 9.15 Å². The van der Waals surface area contributed by atoms with Gasteiger partial charge in [-0.05, 0) is 50.6 Å². The van der Waals surface area contributed by atoms with E-state index >= 15 is 0 Å². The topological polar surface area (TPSA) is 63.1 Å². The van der Waals surface area contributed by atoms with Gasteiger partial charge in [-0.1, -0.05) is 12.1 Å². The lowest BCUT2D eigenvalue weighted by Gasteiger charge is -2.10. The van der Waals surface area contributed by atoms with E-state index in [2.05, 4.69) is 27.6 Å². The van der Waals surface area contributed by atoms with Crippen LogP contribution < -0.4 is 10.1 Å². The van der Waals surface area contributed by atoms with Crippen molar-refractivity contribution >= 4 is 0 Å². The van der Waals surface area contributed by atoms with Crippen molar-refractivity contribution in [1.82, 2.24) is 15.5 Å². The number of hydrogen-bond acceptors (Lipinski definition) is 4. The average Bonchev–Trinajstić information content (AvgIpc) is 3.17. The van der Waals surface area contributed by atoms with E-state index in [0.717, 1.165) is 41.6 Å². The molecule has 0 aliphatic rings. The number of aromatic nitrogens is 2. The van der Waals surface area contributed by atoms with Gasteiger partial charge in [0, 0.05) is 18.7 Å². The SMILES string of the molecule is Cc1ccc(-c2[nH]ncc2CNCc2ccc(OC(C)C)cc2)o1. The van der Waals surface area contributed by atoms with E-state index in [9.17, 15) is 0 Å². The highest BCUT2D eigenvalue weighted by Gasteiger charge is 2.10. The molecule has 2 aromatic heterocycles. The quantitative estimate of drug-likeness (QED) is 0.688. The molecular formula is C19H23N3O2. The van der Waals surface area contributed by atoms with Crippen LogP contribution in [0.15, 0.2) is 47.0 Å². The molecule has 0 unspecified atom stereocenters. The zero-order valence-electron chi connectivity index (χ0n) is 14.3. The van der Waals surface area contributed by atoms with Crippen LogP contribution in [0.5, 0.6) is 5.75 Å². The summed E-state index contributed by atoms with van der Waals surface area (Å²) in [6.45, 7) is 7.49. The van der Waals surface area contributed by atoms with Crippen LogP contribution in [0.4, 0.5) is 0 Å². The van der Waals surface area contributed by atoms with E-state index in [-0.39, 0.29) is 6.10 Å². The Labute approximate surface area is 142 Å². The monoisotopic (exact) mass is 325 g/mol. The van der Waals surface area contributed by atoms with Crippen LogP contribution in [-0.2, 0) is 13.1 Å². The van der Waals surface area contributed by atoms with Gasteiger partial charge in [0.25, 0.3) is 0 Å². The molecule has 0 saturated heterocycles. The Kier molecular flexibility index (Phi) is 5.01. The third-order valence-corrected chi connectivity index (χ3v) is 3.64. The molecule has 5 nitrogen and oxygen atoms in total. The van der Waals surface area contributed by atoms with Crippen LogP contribution in [-0.4, -0.2) is 16.3 Å². The number of aryl methyl sites for hydroxylation is 1. The van der Waals surface area contributed by atoms with Crippen LogP contribution in [0.1, 0.15) is 30.7 Å². The molecule has 0 saturated carbocycles. The number of nitrogens with one attached hydrogen (secondary N) is 2. The Morgan fingerprint density at radius 1 is 1.12 bits per heavy atom. The lowest BCUT2D eigenvalue weighted by atomic mass is 10.2. The Morgan fingerprint density at radius 2 is 1.92 bits per heavy atom. The summed E-state index contributed by atoms with van der Waals surface area (Å²) in [5, 5.41) is 10.6. The number of rotatable bonds is 7. The predicted molar refractivity (Wildman–Crippen MR) is 93.8 cm³/mol. The number of ether oxygens (including phenoxy) is 1. The minimum atomic E-state index is 0.193. The molecule has 126 valence electrons. The maximum atomic E-state index is 5.67. The molecule has 2 N–H and O–H groups in total. The Hall–Kier alpha value is -2.53. The number of nitrogens with zero attached hydrogens (tertiary/aromatic N) is 1. The average molecular weight is 325 g/mol. The van der Waals surface area contributed by atoms with E-state index in [1.165, 1.54) is 5.56 Å². The molecule has 0 radical (unpaired) electrons. The number of benzene rings is 1. The first-order valence-electron chi connectivity index (χ1n) is 8.17. The van der Waals surface area contributed by atoms with Gasteiger partial charge in [0.15, 0.2) is 5.76 Å². The van der Waals surface area contributed by atoms with Crippen molar-refractivity contribution in [3.8, 4) is 17.2 Å². The normalized spacial score (nSPS) is 11.2. The van der Waals surface area contributed by atoms with Crippen molar-refractivity contribution < 1.29 is 9.15 Å². The number of hydrogen-bond donors (Lipinski definition) is 2. The fraction of sp³-hybridized carbons (Fsp3) is 0.316. The zero-order valence-corrected chi connectivity index (χ0v) is 14.3. The van der Waals surface area contributed by atoms with Gasteiger partial charge < -0.3 is 14.5 Å². The van der Waals surface area contributed by atoms with E-state index in [0.29, 0.717) is 0 Å². The first kappa shape index (κ1) is 16.3. The standard InChI is InChI=1S/C19H23N3O2/c1-13(2)23-17-7-5-15(6-8-17)10-20-11-16-12-21-22-19(16)18-9-4-14(3)24-18/h4-9,12-13,20H,10-11H2,1-3H3,(H,21,22). The van der Waals surface area contributed by atoms with Crippen molar-refractivity contribution in [1.29, 1.82) is 0 Å². The van der Waals surface area contributed by atoms with Gasteiger partial charge >= 0.3 is 0 Å². The van der Waals surface area contributed by atoms with Crippen LogP contribution in [0.25, 0.3) is 11.5 Å². The van der Waals surface area contributed by atoms with E-state index < -0.39 is 0 Å². The molecule has 2 heterocycles. The fourth-order valence-electron chi connectivity index (χ4n) is 2.53. The van der Waals surface area contributed by atoms with Gasteiger partial charge in [0.05, 0.1) is 12.3 Å². The Bertz CT molecular complexity index is 772. The van der Waals surface area contributed by atoms with Crippen molar-refractivity contribution in [2.75, 3.05) is 0 Å². The second-order valence-corrected chi connectivity index (χ2v) is 6.09. The number of furan rings is 1. The summed E-state index contributed by atoms with van der Waals surface area (Å²) in [5.41, 5.74) is 3.23. The Morgan fingerprint density at radius 3 is 2.58 bits per heavy atom. The van der Waals surface area contributed by atoms with E-state index in [1.807, 2.05) is 51.2 Å². The molecule has 0 atom stereocenters. The molecule has 1 aromatic carbocycles. The van der Waals surface area contributed by atoms with Gasteiger partial charge in [-0.25, -0.2) is 0 Å².